The van der Waals surface area contributed by atoms with Crippen LogP contribution in [0, 0.1) is 23.2 Å². The summed E-state index contributed by atoms with van der Waals surface area (Å²) in [6, 6.07) is 0. The molecule has 0 amide bonds. The molecular formula is C27H50O7. The van der Waals surface area contributed by atoms with Crippen LogP contribution < -0.4 is 0 Å². The van der Waals surface area contributed by atoms with Crippen molar-refractivity contribution < 1.29 is 34.8 Å². The average Bonchev–Trinajstić information content (AvgIpc) is 2.78. The number of hydrogen-bond acceptors (Lipinski definition) is 4. The molecule has 0 bridgehead atoms. The van der Waals surface area contributed by atoms with Gasteiger partial charge in [0.05, 0.1) is 23.9 Å². The highest BCUT2D eigenvalue weighted by Crippen LogP contribution is 2.37. The highest BCUT2D eigenvalue weighted by molar-refractivity contribution is 5.70. The fraction of sp³-hybridized carbons (Fsp3) is 0.889. The van der Waals surface area contributed by atoms with Gasteiger partial charge < -0.3 is 20.4 Å². The average molecular weight is 487 g/mol. The Labute approximate surface area is 206 Å². The van der Waals surface area contributed by atoms with Crippen molar-refractivity contribution in [2.24, 2.45) is 23.2 Å². The van der Waals surface area contributed by atoms with Crippen LogP contribution in [0.25, 0.3) is 0 Å². The minimum Gasteiger partial charge on any atom is -0.481 e. The molecule has 0 saturated heterocycles. The van der Waals surface area contributed by atoms with Crippen LogP contribution in [-0.2, 0) is 14.4 Å². The minimum atomic E-state index is -0.758. The molecule has 0 radical (unpaired) electrons. The van der Waals surface area contributed by atoms with Crippen LogP contribution in [-0.4, -0.2) is 44.4 Å². The van der Waals surface area contributed by atoms with Crippen LogP contribution in [0.5, 0.6) is 0 Å². The molecule has 0 aromatic carbocycles. The molecule has 4 atom stereocenters. The van der Waals surface area contributed by atoms with Crippen LogP contribution in [0.15, 0.2) is 0 Å². The summed E-state index contributed by atoms with van der Waals surface area (Å²) in [5.74, 6) is -3.23. The molecule has 0 heterocycles. The van der Waals surface area contributed by atoms with E-state index in [1.165, 1.54) is 0 Å². The molecule has 0 saturated carbocycles. The first kappa shape index (κ1) is 32.4. The summed E-state index contributed by atoms with van der Waals surface area (Å²) in [7, 11) is 0. The Bertz CT molecular complexity index is 560. The standard InChI is InChI=1S/C27H50O7/c1-5-20(24(29)30)14-8-9-17-23(28)27(4,18-12-10-15-21(6-2)25(31)32)19-13-11-16-22(7-3)26(33)34/h20-23,28H,5-19H2,1-4H3,(H,29,30)(H,31,32)(H,33,34). The molecule has 0 aromatic heterocycles. The first-order chi connectivity index (χ1) is 16.0. The third kappa shape index (κ3) is 12.7. The van der Waals surface area contributed by atoms with Crippen LogP contribution >= 0.6 is 0 Å². The lowest BCUT2D eigenvalue weighted by Crippen LogP contribution is -2.32. The number of rotatable bonds is 22. The van der Waals surface area contributed by atoms with E-state index in [1.807, 2.05) is 20.8 Å². The summed E-state index contributed by atoms with van der Waals surface area (Å²) in [5.41, 5.74) is -0.313. The molecule has 0 aromatic rings. The van der Waals surface area contributed by atoms with Crippen LogP contribution in [0.3, 0.4) is 0 Å². The lowest BCUT2D eigenvalue weighted by atomic mass is 9.73. The van der Waals surface area contributed by atoms with Gasteiger partial charge in [0.25, 0.3) is 0 Å². The Morgan fingerprint density at radius 3 is 1.18 bits per heavy atom. The van der Waals surface area contributed by atoms with Crippen molar-refractivity contribution in [3.63, 3.8) is 0 Å². The zero-order chi connectivity index (χ0) is 26.1. The van der Waals surface area contributed by atoms with Gasteiger partial charge in [-0.2, -0.15) is 0 Å². The van der Waals surface area contributed by atoms with E-state index in [1.54, 1.807) is 0 Å². The fourth-order valence-electron chi connectivity index (χ4n) is 4.88. The molecule has 7 heteroatoms. The van der Waals surface area contributed by atoms with Gasteiger partial charge in [-0.05, 0) is 63.2 Å². The number of unbranched alkanes of at least 4 members (excludes halogenated alkanes) is 3. The quantitative estimate of drug-likeness (QED) is 0.131. The van der Waals surface area contributed by atoms with Crippen molar-refractivity contribution in [2.75, 3.05) is 0 Å². The molecule has 4 unspecified atom stereocenters. The fourth-order valence-corrected chi connectivity index (χ4v) is 4.88. The molecule has 200 valence electrons. The normalized spacial score (nSPS) is 16.9. The second-order valence-corrected chi connectivity index (χ2v) is 10.3. The number of carbonyl (C=O) groups is 3. The molecule has 0 rings (SSSR count). The van der Waals surface area contributed by atoms with Crippen molar-refractivity contribution in [3.8, 4) is 0 Å². The number of aliphatic hydroxyl groups is 1. The van der Waals surface area contributed by atoms with E-state index in [0.717, 1.165) is 51.4 Å². The van der Waals surface area contributed by atoms with Crippen molar-refractivity contribution >= 4 is 17.9 Å². The SMILES string of the molecule is CCC(CCCCC(O)C(C)(CCCCC(CC)C(=O)O)CCCCC(CC)C(=O)O)C(=O)O. The summed E-state index contributed by atoms with van der Waals surface area (Å²) in [4.78, 5) is 33.8. The number of carboxylic acids is 3. The van der Waals surface area contributed by atoms with E-state index >= 15 is 0 Å². The van der Waals surface area contributed by atoms with Crippen LogP contribution in [0.4, 0.5) is 0 Å². The van der Waals surface area contributed by atoms with Gasteiger partial charge in [-0.25, -0.2) is 0 Å². The summed E-state index contributed by atoms with van der Waals surface area (Å²) < 4.78 is 0. The number of aliphatic hydroxyl groups excluding tert-OH is 1. The molecule has 0 aliphatic heterocycles. The molecule has 0 fully saturated rings. The summed E-state index contributed by atoms with van der Waals surface area (Å²) in [5, 5.41) is 38.8. The Morgan fingerprint density at radius 2 is 0.882 bits per heavy atom. The zero-order valence-electron chi connectivity index (χ0n) is 21.9. The molecule has 34 heavy (non-hydrogen) atoms. The molecule has 0 aliphatic carbocycles. The maximum absolute atomic E-state index is 11.3. The number of carboxylic acid groups (broad SMARTS) is 3. The Morgan fingerprint density at radius 1 is 0.588 bits per heavy atom. The second-order valence-electron chi connectivity index (χ2n) is 10.3. The Balaban J connectivity index is 4.86. The third-order valence-corrected chi connectivity index (χ3v) is 7.71. The predicted octanol–water partition coefficient (Wildman–Crippen LogP) is 6.37. The topological polar surface area (TPSA) is 132 Å². The van der Waals surface area contributed by atoms with E-state index in [9.17, 15) is 34.8 Å². The smallest absolute Gasteiger partial charge is 0.306 e. The van der Waals surface area contributed by atoms with Crippen molar-refractivity contribution in [2.45, 2.75) is 130 Å². The van der Waals surface area contributed by atoms with E-state index < -0.39 is 24.0 Å². The van der Waals surface area contributed by atoms with Gasteiger partial charge in [0.1, 0.15) is 0 Å². The van der Waals surface area contributed by atoms with Crippen LogP contribution in [0.2, 0.25) is 0 Å². The number of aliphatic carboxylic acids is 3. The van der Waals surface area contributed by atoms with Gasteiger partial charge in [0.2, 0.25) is 0 Å². The monoisotopic (exact) mass is 486 g/mol. The third-order valence-electron chi connectivity index (χ3n) is 7.71. The van der Waals surface area contributed by atoms with E-state index in [4.69, 9.17) is 0 Å². The lowest BCUT2D eigenvalue weighted by Gasteiger charge is -2.35. The van der Waals surface area contributed by atoms with Crippen LogP contribution in [0.1, 0.15) is 124 Å². The van der Waals surface area contributed by atoms with Gasteiger partial charge >= 0.3 is 17.9 Å². The maximum Gasteiger partial charge on any atom is 0.306 e. The van der Waals surface area contributed by atoms with Gasteiger partial charge in [-0.15, -0.1) is 0 Å². The lowest BCUT2D eigenvalue weighted by molar-refractivity contribution is -0.143. The molecule has 4 N–H and O–H groups in total. The molecule has 0 spiro atoms. The van der Waals surface area contributed by atoms with Gasteiger partial charge in [0.15, 0.2) is 0 Å². The first-order valence-corrected chi connectivity index (χ1v) is 13.4. The second kappa shape index (κ2) is 17.8. The summed E-state index contributed by atoms with van der Waals surface area (Å²) >= 11 is 0. The van der Waals surface area contributed by atoms with E-state index in [0.29, 0.717) is 44.9 Å². The molecule has 0 aliphatic rings. The highest BCUT2D eigenvalue weighted by atomic mass is 16.4. The zero-order valence-corrected chi connectivity index (χ0v) is 21.9. The van der Waals surface area contributed by atoms with Crippen molar-refractivity contribution in [1.29, 1.82) is 0 Å². The maximum atomic E-state index is 11.3. The first-order valence-electron chi connectivity index (χ1n) is 13.4. The molecule has 7 nitrogen and oxygen atoms in total. The molecular weight excluding hydrogens is 436 g/mol. The van der Waals surface area contributed by atoms with Crippen molar-refractivity contribution in [3.05, 3.63) is 0 Å². The summed E-state index contributed by atoms with van der Waals surface area (Å²) in [6.45, 7) is 7.75. The predicted molar refractivity (Wildman–Crippen MR) is 134 cm³/mol. The Hall–Kier alpha value is -1.63. The van der Waals surface area contributed by atoms with Gasteiger partial charge in [-0.1, -0.05) is 66.2 Å². The van der Waals surface area contributed by atoms with Gasteiger partial charge in [0, 0.05) is 0 Å². The Kier molecular flexibility index (Phi) is 16.9. The number of hydrogen-bond donors (Lipinski definition) is 4. The highest BCUT2D eigenvalue weighted by Gasteiger charge is 2.32. The minimum absolute atomic E-state index is 0.313. The largest absolute Gasteiger partial charge is 0.481 e. The van der Waals surface area contributed by atoms with Gasteiger partial charge in [-0.3, -0.25) is 14.4 Å². The summed E-state index contributed by atoms with van der Waals surface area (Å²) in [6.07, 6.45) is 10.3. The van der Waals surface area contributed by atoms with E-state index in [-0.39, 0.29) is 23.2 Å². The van der Waals surface area contributed by atoms with Crippen molar-refractivity contribution in [1.82, 2.24) is 0 Å². The van der Waals surface area contributed by atoms with E-state index in [2.05, 4.69) is 6.92 Å².